The van der Waals surface area contributed by atoms with E-state index in [2.05, 4.69) is 9.88 Å². The molecule has 1 aromatic heterocycles. The van der Waals surface area contributed by atoms with Crippen molar-refractivity contribution in [3.05, 3.63) is 90.0 Å². The summed E-state index contributed by atoms with van der Waals surface area (Å²) >= 11 is 4.75. The number of aromatic nitrogens is 1. The van der Waals surface area contributed by atoms with E-state index in [1.807, 2.05) is 18.3 Å². The van der Waals surface area contributed by atoms with Crippen molar-refractivity contribution >= 4 is 56.8 Å². The fraction of sp³-hybridized carbons (Fsp3) is 0.208. The average Bonchev–Trinajstić information content (AvgIpc) is 2.88. The molecule has 1 aliphatic heterocycles. The summed E-state index contributed by atoms with van der Waals surface area (Å²) in [6.45, 7) is 2.40. The summed E-state index contributed by atoms with van der Waals surface area (Å²) in [6, 6.07) is 15.7. The van der Waals surface area contributed by atoms with E-state index in [-0.39, 0.29) is 11.6 Å². The normalized spacial score (nSPS) is 14.5. The number of benzene rings is 2. The maximum Gasteiger partial charge on any atom is 0.266 e. The minimum absolute atomic E-state index is 0.118. The Morgan fingerprint density at radius 2 is 1.77 bits per heavy atom. The molecule has 2 aromatic carbocycles. The first kappa shape index (κ1) is 25.2. The fourth-order valence-corrected chi connectivity index (χ4v) is 5.45. The molecule has 0 bridgehead atoms. The molecule has 0 aliphatic carbocycles. The minimum atomic E-state index is -2.41. The summed E-state index contributed by atoms with van der Waals surface area (Å²) in [5, 5.41) is 0. The van der Waals surface area contributed by atoms with E-state index in [9.17, 15) is 17.9 Å². The number of amides is 1. The van der Waals surface area contributed by atoms with Crippen LogP contribution in [0.25, 0.3) is 0 Å². The molecule has 35 heavy (non-hydrogen) atoms. The summed E-state index contributed by atoms with van der Waals surface area (Å²) in [7, 11) is 0. The summed E-state index contributed by atoms with van der Waals surface area (Å²) in [5.41, 5.74) is 2.18. The molecule has 1 atom stereocenters. The zero-order valence-electron chi connectivity index (χ0n) is 18.6. The molecule has 182 valence electrons. The molecule has 1 N–H and O–H groups in total. The molecular weight excluding hydrogens is 507 g/mol. The van der Waals surface area contributed by atoms with Gasteiger partial charge < -0.3 is 9.80 Å². The molecule has 4 rings (SSSR count). The van der Waals surface area contributed by atoms with Crippen LogP contribution in [0.5, 0.6) is 0 Å². The van der Waals surface area contributed by atoms with Crippen molar-refractivity contribution in [2.75, 3.05) is 30.5 Å². The Kier molecular flexibility index (Phi) is 8.45. The van der Waals surface area contributed by atoms with Crippen LogP contribution in [0.1, 0.15) is 15.9 Å². The molecule has 1 fully saturated rings. The Balaban J connectivity index is 1.34. The maximum atomic E-state index is 13.6. The van der Waals surface area contributed by atoms with Crippen LogP contribution in [0, 0.1) is 5.82 Å². The number of thiocarbonyl (C=S) groups is 1. The highest BCUT2D eigenvalue weighted by atomic mass is 32.2. The predicted octanol–water partition coefficient (Wildman–Crippen LogP) is 4.47. The molecule has 1 unspecified atom stereocenters. The average molecular weight is 531 g/mol. The number of hydrogen-bond donors (Lipinski definition) is 1. The van der Waals surface area contributed by atoms with Gasteiger partial charge in [-0.2, -0.15) is 0 Å². The van der Waals surface area contributed by atoms with Crippen LogP contribution in [-0.4, -0.2) is 60.0 Å². The number of hydrogen-bond acceptors (Lipinski definition) is 5. The number of thioether (sulfide) groups is 1. The van der Waals surface area contributed by atoms with E-state index in [0.717, 1.165) is 19.9 Å². The van der Waals surface area contributed by atoms with Crippen molar-refractivity contribution in [3.8, 4) is 0 Å². The van der Waals surface area contributed by atoms with Crippen LogP contribution in [0.3, 0.4) is 0 Å². The van der Waals surface area contributed by atoms with Crippen LogP contribution in [-0.2, 0) is 17.0 Å². The first-order valence-corrected chi connectivity index (χ1v) is 13.2. The van der Waals surface area contributed by atoms with Crippen molar-refractivity contribution in [1.29, 1.82) is 0 Å². The van der Waals surface area contributed by atoms with Gasteiger partial charge in [-0.3, -0.25) is 14.3 Å². The Bertz CT molecular complexity index is 1210. The number of nitrogens with zero attached hydrogens (tertiary/aromatic N) is 4. The molecule has 0 radical (unpaired) electrons. The van der Waals surface area contributed by atoms with Gasteiger partial charge in [0.1, 0.15) is 10.1 Å². The number of rotatable bonds is 6. The Morgan fingerprint density at radius 1 is 1.06 bits per heavy atom. The van der Waals surface area contributed by atoms with E-state index in [4.69, 9.17) is 12.2 Å². The largest absolute Gasteiger partial charge is 0.354 e. The first-order valence-electron chi connectivity index (χ1n) is 10.8. The van der Waals surface area contributed by atoms with Crippen LogP contribution in [0.15, 0.2) is 73.1 Å². The van der Waals surface area contributed by atoms with Crippen LogP contribution >= 0.6 is 24.0 Å². The van der Waals surface area contributed by atoms with Crippen LogP contribution < -0.4 is 4.31 Å². The first-order chi connectivity index (χ1) is 16.9. The summed E-state index contributed by atoms with van der Waals surface area (Å²) in [5.74, 6) is 0.120. The summed E-state index contributed by atoms with van der Waals surface area (Å²) < 4.78 is 37.2. The lowest BCUT2D eigenvalue weighted by Gasteiger charge is -2.36. The van der Waals surface area contributed by atoms with E-state index in [1.165, 1.54) is 24.3 Å². The number of anilines is 2. The van der Waals surface area contributed by atoms with Crippen LogP contribution in [0.2, 0.25) is 0 Å². The van der Waals surface area contributed by atoms with Gasteiger partial charge in [0.05, 0.1) is 11.4 Å². The van der Waals surface area contributed by atoms with Crippen molar-refractivity contribution < 1.29 is 17.9 Å². The Labute approximate surface area is 215 Å². The van der Waals surface area contributed by atoms with Crippen LogP contribution in [0.4, 0.5) is 15.8 Å². The minimum Gasteiger partial charge on any atom is -0.354 e. The smallest absolute Gasteiger partial charge is 0.266 e. The summed E-state index contributed by atoms with van der Waals surface area (Å²) in [4.78, 5) is 21.0. The van der Waals surface area contributed by atoms with Gasteiger partial charge in [0.2, 0.25) is 0 Å². The number of piperazine rings is 1. The second-order valence-corrected chi connectivity index (χ2v) is 10.2. The topological polar surface area (TPSA) is 77.0 Å². The molecular formula is C24H23FN4O3S3. The van der Waals surface area contributed by atoms with Gasteiger partial charge in [-0.1, -0.05) is 36.1 Å². The monoisotopic (exact) mass is 530 g/mol. The van der Waals surface area contributed by atoms with E-state index in [0.29, 0.717) is 37.4 Å². The van der Waals surface area contributed by atoms with Gasteiger partial charge in [0.15, 0.2) is 0 Å². The third-order valence-electron chi connectivity index (χ3n) is 5.46. The number of pyridine rings is 1. The highest BCUT2D eigenvalue weighted by Gasteiger charge is 2.24. The van der Waals surface area contributed by atoms with Crippen molar-refractivity contribution in [3.63, 3.8) is 0 Å². The third kappa shape index (κ3) is 6.43. The molecule has 3 aromatic rings. The van der Waals surface area contributed by atoms with Gasteiger partial charge in [-0.15, -0.1) is 0 Å². The zero-order valence-corrected chi connectivity index (χ0v) is 21.1. The molecule has 2 heterocycles. The quantitative estimate of drug-likeness (QED) is 0.372. The van der Waals surface area contributed by atoms with Gasteiger partial charge >= 0.3 is 0 Å². The van der Waals surface area contributed by atoms with Gasteiger partial charge in [0.25, 0.3) is 17.2 Å². The lowest BCUT2D eigenvalue weighted by molar-refractivity contribution is 0.0695. The molecule has 11 heteroatoms. The molecule has 1 amide bonds. The molecule has 1 aliphatic rings. The lowest BCUT2D eigenvalue weighted by atomic mass is 10.1. The van der Waals surface area contributed by atoms with E-state index < -0.39 is 17.1 Å². The second kappa shape index (κ2) is 11.7. The highest BCUT2D eigenvalue weighted by Crippen LogP contribution is 2.28. The second-order valence-electron chi connectivity index (χ2n) is 7.75. The fourth-order valence-electron chi connectivity index (χ4n) is 3.67. The number of carbonyl (C=O) groups excluding carboxylic acids is 1. The van der Waals surface area contributed by atoms with Gasteiger partial charge in [-0.25, -0.2) is 12.9 Å². The van der Waals surface area contributed by atoms with E-state index in [1.54, 1.807) is 47.1 Å². The van der Waals surface area contributed by atoms with Crippen molar-refractivity contribution in [2.45, 2.75) is 5.75 Å². The van der Waals surface area contributed by atoms with Crippen molar-refractivity contribution in [2.24, 2.45) is 0 Å². The van der Waals surface area contributed by atoms with E-state index >= 15 is 0 Å². The third-order valence-corrected chi connectivity index (χ3v) is 7.79. The van der Waals surface area contributed by atoms with Gasteiger partial charge in [0, 0.05) is 49.9 Å². The maximum absolute atomic E-state index is 13.6. The molecule has 0 saturated carbocycles. The molecule has 7 nitrogen and oxygen atoms in total. The number of halogens is 1. The molecule has 0 spiro atoms. The predicted molar refractivity (Wildman–Crippen MR) is 141 cm³/mol. The SMILES string of the molecule is O=C(c1ccc(N(c2cccc(F)c2)S(=O)O)cc1)N1CCN(C(=S)SCc2cccnc2)CC1. The van der Waals surface area contributed by atoms with Crippen molar-refractivity contribution in [1.82, 2.24) is 14.8 Å². The number of carbonyl (C=O) groups is 1. The Hall–Kier alpha value is -2.86. The highest BCUT2D eigenvalue weighted by molar-refractivity contribution is 8.22. The standard InChI is InChI=1S/C24H23FN4O3S3/c25-20-4-1-5-22(15-20)29(35(31)32)21-8-6-19(7-9-21)23(30)27-11-13-28(14-12-27)24(33)34-17-18-3-2-10-26-16-18/h1-10,15-16H,11-14,17H2,(H,31,32). The molecule has 1 saturated heterocycles. The Morgan fingerprint density at radius 3 is 2.40 bits per heavy atom. The zero-order chi connectivity index (χ0) is 24.8. The van der Waals surface area contributed by atoms with Gasteiger partial charge in [-0.05, 0) is 54.1 Å². The summed E-state index contributed by atoms with van der Waals surface area (Å²) in [6.07, 6.45) is 3.57. The lowest BCUT2D eigenvalue weighted by Crippen LogP contribution is -2.49.